The molecule has 1 aliphatic rings. The molecule has 0 unspecified atom stereocenters. The van der Waals surface area contributed by atoms with Gasteiger partial charge in [0.1, 0.15) is 11.6 Å². The second-order valence-corrected chi connectivity index (χ2v) is 5.37. The molecule has 0 atom stereocenters. The molecule has 1 aromatic rings. The lowest BCUT2D eigenvalue weighted by Gasteiger charge is -2.26. The average molecular weight is 297 g/mol. The van der Waals surface area contributed by atoms with Gasteiger partial charge in [-0.05, 0) is 43.9 Å². The van der Waals surface area contributed by atoms with E-state index in [0.29, 0.717) is 25.7 Å². The fraction of sp³-hybridized carbons (Fsp3) is 0.467. The maximum Gasteiger partial charge on any atom is 0.306 e. The molecule has 1 amide bonds. The van der Waals surface area contributed by atoms with Gasteiger partial charge in [0.25, 0.3) is 0 Å². The quantitative estimate of drug-likeness (QED) is 0.896. The predicted octanol–water partition coefficient (Wildman–Crippen LogP) is 2.27. The van der Waals surface area contributed by atoms with Gasteiger partial charge in [0, 0.05) is 11.6 Å². The molecule has 21 heavy (non-hydrogen) atoms. The zero-order valence-corrected chi connectivity index (χ0v) is 11.4. The minimum atomic E-state index is -0.804. The topological polar surface area (TPSA) is 66.4 Å². The van der Waals surface area contributed by atoms with Crippen LogP contribution in [0.4, 0.5) is 8.78 Å². The summed E-state index contributed by atoms with van der Waals surface area (Å²) in [6.45, 7) is 0. The van der Waals surface area contributed by atoms with E-state index in [1.165, 1.54) is 0 Å². The van der Waals surface area contributed by atoms with Crippen molar-refractivity contribution in [1.82, 2.24) is 5.32 Å². The van der Waals surface area contributed by atoms with Crippen molar-refractivity contribution in [2.24, 2.45) is 5.92 Å². The number of aliphatic carboxylic acids is 1. The Labute approximate surface area is 121 Å². The molecule has 4 nitrogen and oxygen atoms in total. The number of rotatable bonds is 4. The van der Waals surface area contributed by atoms with Crippen molar-refractivity contribution in [2.75, 3.05) is 0 Å². The average Bonchev–Trinajstić information content (AvgIpc) is 2.43. The van der Waals surface area contributed by atoms with Gasteiger partial charge in [-0.15, -0.1) is 0 Å². The van der Waals surface area contributed by atoms with Crippen LogP contribution in [0, 0.1) is 17.6 Å². The highest BCUT2D eigenvalue weighted by Gasteiger charge is 2.26. The number of carbonyl (C=O) groups is 2. The molecule has 2 N–H and O–H groups in total. The summed E-state index contributed by atoms with van der Waals surface area (Å²) < 4.78 is 26.5. The Morgan fingerprint density at radius 2 is 1.86 bits per heavy atom. The van der Waals surface area contributed by atoms with Gasteiger partial charge in [-0.25, -0.2) is 8.78 Å². The summed E-state index contributed by atoms with van der Waals surface area (Å²) in [5.74, 6) is -2.72. The van der Waals surface area contributed by atoms with Crippen LogP contribution in [0.15, 0.2) is 18.2 Å². The first-order chi connectivity index (χ1) is 9.95. The zero-order chi connectivity index (χ0) is 15.4. The van der Waals surface area contributed by atoms with E-state index in [1.807, 2.05) is 0 Å². The number of halogens is 2. The number of carboxylic acid groups (broad SMARTS) is 1. The molecule has 0 heterocycles. The van der Waals surface area contributed by atoms with Crippen LogP contribution in [-0.4, -0.2) is 23.0 Å². The van der Waals surface area contributed by atoms with Crippen molar-refractivity contribution < 1.29 is 23.5 Å². The van der Waals surface area contributed by atoms with Crippen molar-refractivity contribution in [1.29, 1.82) is 0 Å². The first-order valence-electron chi connectivity index (χ1n) is 6.92. The van der Waals surface area contributed by atoms with E-state index in [4.69, 9.17) is 5.11 Å². The summed E-state index contributed by atoms with van der Waals surface area (Å²) in [6, 6.07) is 2.92. The zero-order valence-electron chi connectivity index (χ0n) is 11.4. The fourth-order valence-electron chi connectivity index (χ4n) is 2.62. The van der Waals surface area contributed by atoms with Gasteiger partial charge in [0.15, 0.2) is 0 Å². The molecule has 2 rings (SSSR count). The van der Waals surface area contributed by atoms with Crippen molar-refractivity contribution in [2.45, 2.75) is 38.1 Å². The Bertz CT molecular complexity index is 540. The number of benzene rings is 1. The summed E-state index contributed by atoms with van der Waals surface area (Å²) in [6.07, 6.45) is 2.01. The van der Waals surface area contributed by atoms with Gasteiger partial charge in [-0.3, -0.25) is 9.59 Å². The van der Waals surface area contributed by atoms with E-state index in [1.54, 1.807) is 0 Å². The van der Waals surface area contributed by atoms with Gasteiger partial charge >= 0.3 is 5.97 Å². The standard InChI is InChI=1S/C15H17F2NO3/c16-11-3-6-13(17)10(7-11)8-14(19)18-12-4-1-9(2-5-12)15(20)21/h3,6-7,9,12H,1-2,4-5,8H2,(H,18,19)(H,20,21). The van der Waals surface area contributed by atoms with Gasteiger partial charge < -0.3 is 10.4 Å². The number of amides is 1. The van der Waals surface area contributed by atoms with Gasteiger partial charge in [0.2, 0.25) is 5.91 Å². The predicted molar refractivity (Wildman–Crippen MR) is 71.6 cm³/mol. The first-order valence-corrected chi connectivity index (χ1v) is 6.92. The Hall–Kier alpha value is -1.98. The van der Waals surface area contributed by atoms with Crippen LogP contribution in [0.25, 0.3) is 0 Å². The summed E-state index contributed by atoms with van der Waals surface area (Å²) in [7, 11) is 0. The van der Waals surface area contributed by atoms with Crippen molar-refractivity contribution in [3.63, 3.8) is 0 Å². The van der Waals surface area contributed by atoms with Gasteiger partial charge in [-0.2, -0.15) is 0 Å². The maximum atomic E-state index is 13.4. The van der Waals surface area contributed by atoms with E-state index >= 15 is 0 Å². The molecule has 0 aromatic heterocycles. The Morgan fingerprint density at radius 3 is 2.48 bits per heavy atom. The second-order valence-electron chi connectivity index (χ2n) is 5.37. The maximum absolute atomic E-state index is 13.4. The van der Waals surface area contributed by atoms with E-state index in [0.717, 1.165) is 18.2 Å². The Morgan fingerprint density at radius 1 is 1.19 bits per heavy atom. The summed E-state index contributed by atoms with van der Waals surface area (Å²) >= 11 is 0. The third-order valence-electron chi connectivity index (χ3n) is 3.80. The third kappa shape index (κ3) is 4.24. The van der Waals surface area contributed by atoms with Crippen LogP contribution >= 0.6 is 0 Å². The lowest BCUT2D eigenvalue weighted by Crippen LogP contribution is -2.39. The van der Waals surface area contributed by atoms with Gasteiger partial charge in [-0.1, -0.05) is 0 Å². The third-order valence-corrected chi connectivity index (χ3v) is 3.80. The molecule has 0 saturated heterocycles. The summed E-state index contributed by atoms with van der Waals surface area (Å²) in [5, 5.41) is 11.6. The molecular formula is C15H17F2NO3. The van der Waals surface area contributed by atoms with Crippen molar-refractivity contribution >= 4 is 11.9 Å². The van der Waals surface area contributed by atoms with Crippen molar-refractivity contribution in [3.05, 3.63) is 35.4 Å². The summed E-state index contributed by atoms with van der Waals surface area (Å²) in [5.41, 5.74) is 0.0201. The second kappa shape index (κ2) is 6.65. The van der Waals surface area contributed by atoms with Crippen LogP contribution in [-0.2, 0) is 16.0 Å². The largest absolute Gasteiger partial charge is 0.481 e. The van der Waals surface area contributed by atoms with Crippen LogP contribution < -0.4 is 5.32 Å². The number of hydrogen-bond acceptors (Lipinski definition) is 2. The molecule has 6 heteroatoms. The highest BCUT2D eigenvalue weighted by molar-refractivity contribution is 5.79. The lowest BCUT2D eigenvalue weighted by molar-refractivity contribution is -0.142. The number of nitrogens with one attached hydrogen (secondary N) is 1. The molecule has 114 valence electrons. The molecule has 0 bridgehead atoms. The van der Waals surface area contributed by atoms with E-state index in [2.05, 4.69) is 5.32 Å². The molecule has 1 aromatic carbocycles. The molecule has 0 aliphatic heterocycles. The smallest absolute Gasteiger partial charge is 0.306 e. The number of carbonyl (C=O) groups excluding carboxylic acids is 1. The lowest BCUT2D eigenvalue weighted by atomic mass is 9.86. The molecule has 0 spiro atoms. The van der Waals surface area contributed by atoms with E-state index < -0.39 is 17.6 Å². The molecule has 1 aliphatic carbocycles. The minimum absolute atomic E-state index is 0.0201. The minimum Gasteiger partial charge on any atom is -0.481 e. The van der Waals surface area contributed by atoms with Crippen LogP contribution in [0.2, 0.25) is 0 Å². The van der Waals surface area contributed by atoms with E-state index in [-0.39, 0.29) is 29.9 Å². The first kappa shape index (κ1) is 15.4. The highest BCUT2D eigenvalue weighted by atomic mass is 19.1. The van der Waals surface area contributed by atoms with Gasteiger partial charge in [0.05, 0.1) is 12.3 Å². The molecular weight excluding hydrogens is 280 g/mol. The van der Waals surface area contributed by atoms with Crippen molar-refractivity contribution in [3.8, 4) is 0 Å². The fourth-order valence-corrected chi connectivity index (χ4v) is 2.62. The van der Waals surface area contributed by atoms with Crippen LogP contribution in [0.5, 0.6) is 0 Å². The Kier molecular flexibility index (Phi) is 4.88. The number of carboxylic acids is 1. The SMILES string of the molecule is O=C(Cc1cc(F)ccc1F)NC1CCC(C(=O)O)CC1. The molecule has 0 radical (unpaired) electrons. The monoisotopic (exact) mass is 297 g/mol. The molecule has 1 fully saturated rings. The van der Waals surface area contributed by atoms with Crippen LogP contribution in [0.3, 0.4) is 0 Å². The number of hydrogen-bond donors (Lipinski definition) is 2. The highest BCUT2D eigenvalue weighted by Crippen LogP contribution is 2.24. The van der Waals surface area contributed by atoms with Crippen LogP contribution in [0.1, 0.15) is 31.2 Å². The Balaban J connectivity index is 1.85. The van der Waals surface area contributed by atoms with E-state index in [9.17, 15) is 18.4 Å². The normalized spacial score (nSPS) is 21.8. The molecule has 1 saturated carbocycles. The summed E-state index contributed by atoms with van der Waals surface area (Å²) in [4.78, 5) is 22.7.